The largest absolute Gasteiger partial charge is 0.444 e. The quantitative estimate of drug-likeness (QED) is 0.673. The van der Waals surface area contributed by atoms with Gasteiger partial charge in [-0.15, -0.1) is 0 Å². The third kappa shape index (κ3) is 4.37. The lowest BCUT2D eigenvalue weighted by atomic mass is 10.1. The van der Waals surface area contributed by atoms with E-state index in [0.717, 1.165) is 0 Å². The number of rotatable bonds is 0. The predicted molar refractivity (Wildman–Crippen MR) is 61.2 cm³/mol. The Hall–Kier alpha value is -0.810. The molecule has 0 bridgehead atoms. The number of carbonyl (C=O) groups is 1. The molecule has 1 aliphatic rings. The standard InChI is InChI=1S/C11H22N2O3/c1-10(2,3)16-9(14)13-5-6-15-8-11(4,12)7-13/h5-8,12H2,1-4H3. The second-order valence-electron chi connectivity index (χ2n) is 5.61. The molecule has 0 aliphatic carbocycles. The molecule has 0 aromatic rings. The number of amides is 1. The van der Waals surface area contributed by atoms with Crippen molar-refractivity contribution >= 4 is 6.09 Å². The van der Waals surface area contributed by atoms with Gasteiger partial charge >= 0.3 is 6.09 Å². The van der Waals surface area contributed by atoms with Gasteiger partial charge in [-0.2, -0.15) is 0 Å². The van der Waals surface area contributed by atoms with Crippen molar-refractivity contribution in [1.82, 2.24) is 4.90 Å². The van der Waals surface area contributed by atoms with E-state index in [1.165, 1.54) is 0 Å². The lowest BCUT2D eigenvalue weighted by molar-refractivity contribution is 0.0230. The average molecular weight is 230 g/mol. The maximum absolute atomic E-state index is 11.8. The van der Waals surface area contributed by atoms with Crippen molar-refractivity contribution in [2.24, 2.45) is 5.73 Å². The van der Waals surface area contributed by atoms with Gasteiger partial charge in [-0.25, -0.2) is 4.79 Å². The molecular weight excluding hydrogens is 208 g/mol. The van der Waals surface area contributed by atoms with E-state index in [2.05, 4.69) is 0 Å². The van der Waals surface area contributed by atoms with E-state index >= 15 is 0 Å². The van der Waals surface area contributed by atoms with E-state index in [9.17, 15) is 4.79 Å². The first-order chi connectivity index (χ1) is 7.20. The van der Waals surface area contributed by atoms with E-state index in [1.807, 2.05) is 27.7 Å². The predicted octanol–water partition coefficient (Wildman–Crippen LogP) is 0.971. The number of nitrogens with two attached hydrogens (primary N) is 1. The summed E-state index contributed by atoms with van der Waals surface area (Å²) in [5.41, 5.74) is 5.01. The van der Waals surface area contributed by atoms with Gasteiger partial charge in [0, 0.05) is 13.1 Å². The Morgan fingerprint density at radius 3 is 2.69 bits per heavy atom. The smallest absolute Gasteiger partial charge is 0.410 e. The SMILES string of the molecule is CC1(N)COCCN(C(=O)OC(C)(C)C)C1. The van der Waals surface area contributed by atoms with Crippen LogP contribution in [-0.4, -0.2) is 48.4 Å². The molecule has 2 N–H and O–H groups in total. The highest BCUT2D eigenvalue weighted by Gasteiger charge is 2.30. The van der Waals surface area contributed by atoms with Crippen molar-refractivity contribution in [1.29, 1.82) is 0 Å². The molecule has 1 aliphatic heterocycles. The molecule has 5 nitrogen and oxygen atoms in total. The highest BCUT2D eigenvalue weighted by atomic mass is 16.6. The molecule has 0 radical (unpaired) electrons. The maximum atomic E-state index is 11.8. The topological polar surface area (TPSA) is 64.8 Å². The molecule has 1 fully saturated rings. The lowest BCUT2D eigenvalue weighted by Crippen LogP contribution is -2.51. The second kappa shape index (κ2) is 4.59. The van der Waals surface area contributed by atoms with Crippen LogP contribution in [0.2, 0.25) is 0 Å². The summed E-state index contributed by atoms with van der Waals surface area (Å²) in [5.74, 6) is 0. The van der Waals surface area contributed by atoms with Gasteiger partial charge in [0.1, 0.15) is 5.60 Å². The van der Waals surface area contributed by atoms with Crippen LogP contribution in [0.1, 0.15) is 27.7 Å². The first-order valence-corrected chi connectivity index (χ1v) is 5.54. The van der Waals surface area contributed by atoms with Gasteiger partial charge in [0.25, 0.3) is 0 Å². The van der Waals surface area contributed by atoms with Crippen LogP contribution in [0, 0.1) is 0 Å². The fourth-order valence-corrected chi connectivity index (χ4v) is 1.52. The second-order valence-corrected chi connectivity index (χ2v) is 5.61. The van der Waals surface area contributed by atoms with E-state index in [1.54, 1.807) is 4.90 Å². The molecule has 1 amide bonds. The maximum Gasteiger partial charge on any atom is 0.410 e. The minimum Gasteiger partial charge on any atom is -0.444 e. The lowest BCUT2D eigenvalue weighted by Gasteiger charge is -2.30. The van der Waals surface area contributed by atoms with Gasteiger partial charge in [-0.3, -0.25) is 0 Å². The summed E-state index contributed by atoms with van der Waals surface area (Å²) in [6, 6.07) is 0. The van der Waals surface area contributed by atoms with Crippen molar-refractivity contribution in [2.75, 3.05) is 26.3 Å². The number of hydrogen-bond acceptors (Lipinski definition) is 4. The fourth-order valence-electron chi connectivity index (χ4n) is 1.52. The van der Waals surface area contributed by atoms with Gasteiger partial charge in [-0.1, -0.05) is 0 Å². The Morgan fingerprint density at radius 2 is 2.12 bits per heavy atom. The number of ether oxygens (including phenoxy) is 2. The summed E-state index contributed by atoms with van der Waals surface area (Å²) in [6.45, 7) is 9.38. The van der Waals surface area contributed by atoms with E-state index in [-0.39, 0.29) is 6.09 Å². The molecule has 0 aromatic heterocycles. The summed E-state index contributed by atoms with van der Waals surface area (Å²) >= 11 is 0. The molecule has 5 heteroatoms. The van der Waals surface area contributed by atoms with Crippen molar-refractivity contribution in [2.45, 2.75) is 38.8 Å². The first-order valence-electron chi connectivity index (χ1n) is 5.54. The molecule has 0 saturated carbocycles. The molecule has 1 unspecified atom stereocenters. The van der Waals surface area contributed by atoms with Crippen molar-refractivity contribution in [3.63, 3.8) is 0 Å². The Balaban J connectivity index is 2.61. The third-order valence-corrected chi connectivity index (χ3v) is 2.14. The highest BCUT2D eigenvalue weighted by molar-refractivity contribution is 5.68. The summed E-state index contributed by atoms with van der Waals surface area (Å²) in [7, 11) is 0. The molecule has 0 spiro atoms. The number of carbonyl (C=O) groups excluding carboxylic acids is 1. The van der Waals surface area contributed by atoms with Gasteiger partial charge in [0.15, 0.2) is 0 Å². The monoisotopic (exact) mass is 230 g/mol. The van der Waals surface area contributed by atoms with Crippen LogP contribution in [0.5, 0.6) is 0 Å². The number of hydrogen-bond donors (Lipinski definition) is 1. The summed E-state index contributed by atoms with van der Waals surface area (Å²) in [4.78, 5) is 13.5. The van der Waals surface area contributed by atoms with Crippen LogP contribution in [0.15, 0.2) is 0 Å². The molecule has 1 atom stereocenters. The van der Waals surface area contributed by atoms with Crippen LogP contribution < -0.4 is 5.73 Å². The van der Waals surface area contributed by atoms with Crippen molar-refractivity contribution in [3.8, 4) is 0 Å². The van der Waals surface area contributed by atoms with Crippen molar-refractivity contribution in [3.05, 3.63) is 0 Å². The zero-order valence-corrected chi connectivity index (χ0v) is 10.6. The summed E-state index contributed by atoms with van der Waals surface area (Å²) in [6.07, 6.45) is -0.324. The van der Waals surface area contributed by atoms with Gasteiger partial charge in [0.2, 0.25) is 0 Å². The summed E-state index contributed by atoms with van der Waals surface area (Å²) in [5, 5.41) is 0. The van der Waals surface area contributed by atoms with E-state index in [4.69, 9.17) is 15.2 Å². The molecule has 94 valence electrons. The van der Waals surface area contributed by atoms with Crippen LogP contribution >= 0.6 is 0 Å². The normalized spacial score (nSPS) is 27.4. The van der Waals surface area contributed by atoms with Gasteiger partial charge in [0.05, 0.1) is 18.8 Å². The minimum atomic E-state index is -0.507. The molecule has 1 rings (SSSR count). The number of nitrogens with zero attached hydrogens (tertiary/aromatic N) is 1. The van der Waals surface area contributed by atoms with Crippen LogP contribution in [-0.2, 0) is 9.47 Å². The molecule has 1 heterocycles. The summed E-state index contributed by atoms with van der Waals surface area (Å²) < 4.78 is 10.6. The highest BCUT2D eigenvalue weighted by Crippen LogP contribution is 2.14. The zero-order chi connectivity index (χ0) is 12.4. The van der Waals surface area contributed by atoms with Crippen LogP contribution in [0.25, 0.3) is 0 Å². The minimum absolute atomic E-state index is 0.324. The molecule has 16 heavy (non-hydrogen) atoms. The van der Waals surface area contributed by atoms with Crippen LogP contribution in [0.3, 0.4) is 0 Å². The third-order valence-electron chi connectivity index (χ3n) is 2.14. The Kier molecular flexibility index (Phi) is 3.80. The Morgan fingerprint density at radius 1 is 1.50 bits per heavy atom. The van der Waals surface area contributed by atoms with Gasteiger partial charge in [-0.05, 0) is 27.7 Å². The Labute approximate surface area is 96.9 Å². The van der Waals surface area contributed by atoms with Crippen LogP contribution in [0.4, 0.5) is 4.79 Å². The zero-order valence-electron chi connectivity index (χ0n) is 10.6. The van der Waals surface area contributed by atoms with Gasteiger partial charge < -0.3 is 20.1 Å². The first kappa shape index (κ1) is 13.3. The molecular formula is C11H22N2O3. The molecule has 0 aromatic carbocycles. The molecule has 1 saturated heterocycles. The Bertz CT molecular complexity index is 258. The van der Waals surface area contributed by atoms with E-state index < -0.39 is 11.1 Å². The van der Waals surface area contributed by atoms with E-state index in [0.29, 0.717) is 26.3 Å². The fraction of sp³-hybridized carbons (Fsp3) is 0.909. The van der Waals surface area contributed by atoms with Crippen molar-refractivity contribution < 1.29 is 14.3 Å². The average Bonchev–Trinajstić information content (AvgIpc) is 2.23.